The van der Waals surface area contributed by atoms with Gasteiger partial charge in [-0.2, -0.15) is 0 Å². The van der Waals surface area contributed by atoms with Gasteiger partial charge in [0.25, 0.3) is 0 Å². The van der Waals surface area contributed by atoms with Crippen molar-refractivity contribution in [2.24, 2.45) is 11.7 Å². The number of carbonyl (C=O) groups excluding carboxylic acids is 1. The third kappa shape index (κ3) is 3.04. The van der Waals surface area contributed by atoms with Crippen molar-refractivity contribution in [3.05, 3.63) is 0 Å². The largest absolute Gasteiger partial charge is 0.369 e. The van der Waals surface area contributed by atoms with Gasteiger partial charge in [0, 0.05) is 6.04 Å². The van der Waals surface area contributed by atoms with Crippen molar-refractivity contribution in [2.45, 2.75) is 38.1 Å². The van der Waals surface area contributed by atoms with E-state index >= 15 is 0 Å². The summed E-state index contributed by atoms with van der Waals surface area (Å²) in [5.41, 5.74) is 5.37. The summed E-state index contributed by atoms with van der Waals surface area (Å²) in [6.45, 7) is 0.522. The van der Waals surface area contributed by atoms with Gasteiger partial charge in [-0.15, -0.1) is 6.42 Å². The molecule has 1 aliphatic rings. The molecule has 1 rings (SSSR count). The summed E-state index contributed by atoms with van der Waals surface area (Å²) in [4.78, 5) is 11.2. The van der Waals surface area contributed by atoms with E-state index < -0.39 is 0 Å². The normalized spacial score (nSPS) is 27.6. The molecule has 3 heteroatoms. The second-order valence-electron chi connectivity index (χ2n) is 3.84. The first-order chi connectivity index (χ1) is 6.75. The second kappa shape index (κ2) is 5.66. The van der Waals surface area contributed by atoms with Crippen LogP contribution in [0.25, 0.3) is 0 Å². The first-order valence-electron chi connectivity index (χ1n) is 5.22. The van der Waals surface area contributed by atoms with Crippen LogP contribution in [-0.2, 0) is 4.79 Å². The molecule has 0 heterocycles. The molecule has 0 radical (unpaired) electrons. The minimum absolute atomic E-state index is 0.0363. The Labute approximate surface area is 85.4 Å². The lowest BCUT2D eigenvalue weighted by Crippen LogP contribution is -2.42. The molecule has 1 amide bonds. The molecule has 3 N–H and O–H groups in total. The standard InChI is InChI=1S/C11H18N2O/c1-2-8-13-10-7-5-3-4-6-9(10)11(12)14/h1,9-10,13H,3-8H2,(H2,12,14). The van der Waals surface area contributed by atoms with Crippen LogP contribution in [0.15, 0.2) is 0 Å². The van der Waals surface area contributed by atoms with Gasteiger partial charge >= 0.3 is 0 Å². The molecular weight excluding hydrogens is 176 g/mol. The maximum absolute atomic E-state index is 11.2. The van der Waals surface area contributed by atoms with Gasteiger partial charge in [0.1, 0.15) is 0 Å². The molecule has 3 nitrogen and oxygen atoms in total. The van der Waals surface area contributed by atoms with Crippen LogP contribution in [0.4, 0.5) is 0 Å². The highest BCUT2D eigenvalue weighted by molar-refractivity contribution is 5.77. The summed E-state index contributed by atoms with van der Waals surface area (Å²) in [7, 11) is 0. The molecule has 0 aromatic carbocycles. The quantitative estimate of drug-likeness (QED) is 0.512. The van der Waals surface area contributed by atoms with Crippen molar-refractivity contribution in [1.82, 2.24) is 5.32 Å². The molecule has 0 saturated heterocycles. The zero-order valence-electron chi connectivity index (χ0n) is 8.46. The van der Waals surface area contributed by atoms with Crippen LogP contribution in [0.1, 0.15) is 32.1 Å². The number of hydrogen-bond donors (Lipinski definition) is 2. The third-order valence-electron chi connectivity index (χ3n) is 2.85. The fourth-order valence-corrected chi connectivity index (χ4v) is 2.08. The molecule has 0 aromatic rings. The number of carbonyl (C=O) groups is 1. The smallest absolute Gasteiger partial charge is 0.222 e. The maximum atomic E-state index is 11.2. The molecule has 14 heavy (non-hydrogen) atoms. The Hall–Kier alpha value is -1.01. The summed E-state index contributed by atoms with van der Waals surface area (Å²) in [6, 6.07) is 0.186. The number of nitrogens with two attached hydrogens (primary N) is 1. The molecule has 2 unspecified atom stereocenters. The number of rotatable bonds is 3. The SMILES string of the molecule is C#CCNC1CCCCCC1C(N)=O. The van der Waals surface area contributed by atoms with Gasteiger partial charge in [-0.1, -0.05) is 25.2 Å². The van der Waals surface area contributed by atoms with Crippen molar-refractivity contribution in [3.8, 4) is 12.3 Å². The average Bonchev–Trinajstić information content (AvgIpc) is 2.39. The minimum Gasteiger partial charge on any atom is -0.369 e. The van der Waals surface area contributed by atoms with Gasteiger partial charge in [-0.25, -0.2) is 0 Å². The van der Waals surface area contributed by atoms with E-state index in [1.54, 1.807) is 0 Å². The predicted octanol–water partition coefficient (Wildman–Crippen LogP) is 0.643. The molecule has 0 bridgehead atoms. The molecule has 0 aliphatic heterocycles. The number of amides is 1. The van der Waals surface area contributed by atoms with Crippen molar-refractivity contribution >= 4 is 5.91 Å². The monoisotopic (exact) mass is 194 g/mol. The van der Waals surface area contributed by atoms with Crippen LogP contribution in [0, 0.1) is 18.3 Å². The van der Waals surface area contributed by atoms with Gasteiger partial charge in [0.15, 0.2) is 0 Å². The summed E-state index contributed by atoms with van der Waals surface area (Å²) in [5, 5.41) is 3.21. The lowest BCUT2D eigenvalue weighted by molar-refractivity contribution is -0.122. The van der Waals surface area contributed by atoms with Crippen molar-refractivity contribution in [3.63, 3.8) is 0 Å². The van der Waals surface area contributed by atoms with Crippen molar-refractivity contribution < 1.29 is 4.79 Å². The van der Waals surface area contributed by atoms with Gasteiger partial charge in [0.05, 0.1) is 12.5 Å². The second-order valence-corrected chi connectivity index (χ2v) is 3.84. The molecule has 1 fully saturated rings. The Morgan fingerprint density at radius 3 is 2.79 bits per heavy atom. The molecule has 1 aliphatic carbocycles. The minimum atomic E-state index is -0.193. The van der Waals surface area contributed by atoms with E-state index in [0.717, 1.165) is 25.7 Å². The summed E-state index contributed by atoms with van der Waals surface area (Å²) >= 11 is 0. The third-order valence-corrected chi connectivity index (χ3v) is 2.85. The van der Waals surface area contributed by atoms with E-state index in [9.17, 15) is 4.79 Å². The van der Waals surface area contributed by atoms with Crippen LogP contribution in [-0.4, -0.2) is 18.5 Å². The Kier molecular flexibility index (Phi) is 4.48. The first-order valence-corrected chi connectivity index (χ1v) is 5.22. The Bertz CT molecular complexity index is 232. The van der Waals surface area contributed by atoms with Gasteiger partial charge in [-0.3, -0.25) is 4.79 Å². The zero-order valence-corrected chi connectivity index (χ0v) is 8.46. The van der Waals surface area contributed by atoms with Crippen LogP contribution in [0.5, 0.6) is 0 Å². The fourth-order valence-electron chi connectivity index (χ4n) is 2.08. The number of nitrogens with one attached hydrogen (secondary N) is 1. The number of terminal acetylenes is 1. The van der Waals surface area contributed by atoms with E-state index in [0.29, 0.717) is 6.54 Å². The van der Waals surface area contributed by atoms with Crippen LogP contribution >= 0.6 is 0 Å². The molecule has 0 spiro atoms. The molecule has 78 valence electrons. The van der Waals surface area contributed by atoms with Crippen LogP contribution in [0.3, 0.4) is 0 Å². The summed E-state index contributed by atoms with van der Waals surface area (Å²) < 4.78 is 0. The highest BCUT2D eigenvalue weighted by Crippen LogP contribution is 2.23. The molecular formula is C11H18N2O. The maximum Gasteiger partial charge on any atom is 0.222 e. The topological polar surface area (TPSA) is 55.1 Å². The fraction of sp³-hybridized carbons (Fsp3) is 0.727. The van der Waals surface area contributed by atoms with E-state index in [1.807, 2.05) is 0 Å². The molecule has 2 atom stereocenters. The van der Waals surface area contributed by atoms with Gasteiger partial charge in [0.2, 0.25) is 5.91 Å². The van der Waals surface area contributed by atoms with Gasteiger partial charge < -0.3 is 11.1 Å². The zero-order chi connectivity index (χ0) is 10.4. The predicted molar refractivity (Wildman–Crippen MR) is 56.4 cm³/mol. The highest BCUT2D eigenvalue weighted by Gasteiger charge is 2.27. The Balaban J connectivity index is 2.55. The first kappa shape index (κ1) is 11.1. The molecule has 0 aromatic heterocycles. The highest BCUT2D eigenvalue weighted by atomic mass is 16.1. The van der Waals surface area contributed by atoms with E-state index in [-0.39, 0.29) is 17.9 Å². The number of primary amides is 1. The van der Waals surface area contributed by atoms with E-state index in [4.69, 9.17) is 12.2 Å². The van der Waals surface area contributed by atoms with Gasteiger partial charge in [-0.05, 0) is 12.8 Å². The summed E-state index contributed by atoms with van der Waals surface area (Å²) in [6.07, 6.45) is 10.5. The Morgan fingerprint density at radius 2 is 2.14 bits per heavy atom. The number of hydrogen-bond acceptors (Lipinski definition) is 2. The Morgan fingerprint density at radius 1 is 1.43 bits per heavy atom. The lowest BCUT2D eigenvalue weighted by Gasteiger charge is -2.22. The average molecular weight is 194 g/mol. The van der Waals surface area contributed by atoms with E-state index in [1.165, 1.54) is 6.42 Å². The van der Waals surface area contributed by atoms with E-state index in [2.05, 4.69) is 11.2 Å². The van der Waals surface area contributed by atoms with Crippen molar-refractivity contribution in [2.75, 3.05) is 6.54 Å². The summed E-state index contributed by atoms with van der Waals surface area (Å²) in [5.74, 6) is 2.30. The lowest BCUT2D eigenvalue weighted by atomic mass is 9.94. The van der Waals surface area contributed by atoms with Crippen LogP contribution < -0.4 is 11.1 Å². The van der Waals surface area contributed by atoms with Crippen LogP contribution in [0.2, 0.25) is 0 Å². The van der Waals surface area contributed by atoms with Crippen molar-refractivity contribution in [1.29, 1.82) is 0 Å². The molecule has 1 saturated carbocycles.